The van der Waals surface area contributed by atoms with Crippen molar-refractivity contribution < 1.29 is 9.53 Å². The molecular weight excluding hydrogens is 178 g/mol. The molecule has 0 aliphatic carbocycles. The third kappa shape index (κ3) is 4.09. The van der Waals surface area contributed by atoms with E-state index in [0.717, 1.165) is 45.4 Å². The van der Waals surface area contributed by atoms with Gasteiger partial charge in [-0.05, 0) is 25.7 Å². The lowest BCUT2D eigenvalue weighted by molar-refractivity contribution is -0.130. The summed E-state index contributed by atoms with van der Waals surface area (Å²) in [6.45, 7) is 2.78. The van der Waals surface area contributed by atoms with Crippen LogP contribution in [0.2, 0.25) is 0 Å². The van der Waals surface area contributed by atoms with Crippen molar-refractivity contribution in [3.05, 3.63) is 0 Å². The minimum Gasteiger partial charge on any atom is -0.385 e. The van der Waals surface area contributed by atoms with Crippen molar-refractivity contribution in [3.8, 4) is 0 Å². The van der Waals surface area contributed by atoms with Crippen molar-refractivity contribution >= 4 is 5.91 Å². The summed E-state index contributed by atoms with van der Waals surface area (Å²) < 4.78 is 4.95. The molecule has 3 heteroatoms. The van der Waals surface area contributed by atoms with Gasteiger partial charge in [0, 0.05) is 33.2 Å². The summed E-state index contributed by atoms with van der Waals surface area (Å²) in [7, 11) is 1.72. The van der Waals surface area contributed by atoms with Crippen LogP contribution < -0.4 is 0 Å². The van der Waals surface area contributed by atoms with E-state index < -0.39 is 0 Å². The van der Waals surface area contributed by atoms with Crippen LogP contribution in [-0.4, -0.2) is 37.6 Å². The number of ether oxygens (including phenoxy) is 1. The second kappa shape index (κ2) is 6.82. The van der Waals surface area contributed by atoms with Gasteiger partial charge in [0.1, 0.15) is 0 Å². The first-order chi connectivity index (χ1) is 6.84. The summed E-state index contributed by atoms with van der Waals surface area (Å²) in [5.41, 5.74) is 0. The number of likely N-dealkylation sites (tertiary alicyclic amines) is 1. The summed E-state index contributed by atoms with van der Waals surface area (Å²) in [6.07, 6.45) is 6.30. The van der Waals surface area contributed by atoms with Crippen LogP contribution in [0.4, 0.5) is 0 Å². The number of unbranched alkanes of at least 4 members (excludes halogenated alkanes) is 2. The molecule has 0 N–H and O–H groups in total. The van der Waals surface area contributed by atoms with E-state index in [4.69, 9.17) is 4.74 Å². The van der Waals surface area contributed by atoms with E-state index >= 15 is 0 Å². The summed E-state index contributed by atoms with van der Waals surface area (Å²) in [6, 6.07) is 0. The standard InChI is InChI=1S/C11H21NO2/c1-14-10-6-2-3-7-11(13)12-8-4-5-9-12/h2-10H2,1H3. The monoisotopic (exact) mass is 199 g/mol. The largest absolute Gasteiger partial charge is 0.385 e. The second-order valence-electron chi connectivity index (χ2n) is 3.89. The van der Waals surface area contributed by atoms with E-state index in [1.165, 1.54) is 12.8 Å². The molecule has 0 saturated carbocycles. The van der Waals surface area contributed by atoms with Gasteiger partial charge in [0.05, 0.1) is 0 Å². The molecule has 82 valence electrons. The number of amides is 1. The van der Waals surface area contributed by atoms with Gasteiger partial charge in [0.15, 0.2) is 0 Å². The number of nitrogens with zero attached hydrogens (tertiary/aromatic N) is 1. The van der Waals surface area contributed by atoms with E-state index in [1.807, 2.05) is 4.90 Å². The van der Waals surface area contributed by atoms with Gasteiger partial charge in [-0.25, -0.2) is 0 Å². The van der Waals surface area contributed by atoms with Crippen molar-refractivity contribution in [1.29, 1.82) is 0 Å². The lowest BCUT2D eigenvalue weighted by Gasteiger charge is -2.14. The molecule has 0 aromatic rings. The molecule has 1 saturated heterocycles. The number of hydrogen-bond donors (Lipinski definition) is 0. The quantitative estimate of drug-likeness (QED) is 0.611. The number of carbonyl (C=O) groups is 1. The van der Waals surface area contributed by atoms with Gasteiger partial charge in [0.2, 0.25) is 5.91 Å². The molecule has 1 amide bonds. The number of carbonyl (C=O) groups excluding carboxylic acids is 1. The Labute approximate surface area is 86.4 Å². The van der Waals surface area contributed by atoms with E-state index in [9.17, 15) is 4.79 Å². The first-order valence-corrected chi connectivity index (χ1v) is 5.61. The highest BCUT2D eigenvalue weighted by Gasteiger charge is 2.16. The Balaban J connectivity index is 1.97. The average Bonchev–Trinajstić information content (AvgIpc) is 2.70. The molecule has 0 spiro atoms. The van der Waals surface area contributed by atoms with Crippen molar-refractivity contribution in [2.24, 2.45) is 0 Å². The topological polar surface area (TPSA) is 29.5 Å². The Kier molecular flexibility index (Phi) is 5.60. The van der Waals surface area contributed by atoms with Gasteiger partial charge in [0.25, 0.3) is 0 Å². The van der Waals surface area contributed by atoms with Crippen LogP contribution in [0.15, 0.2) is 0 Å². The maximum atomic E-state index is 11.6. The lowest BCUT2D eigenvalue weighted by Crippen LogP contribution is -2.27. The third-order valence-electron chi connectivity index (χ3n) is 2.70. The fourth-order valence-corrected chi connectivity index (χ4v) is 1.82. The second-order valence-corrected chi connectivity index (χ2v) is 3.89. The SMILES string of the molecule is COCCCCCC(=O)N1CCCC1. The van der Waals surface area contributed by atoms with Crippen LogP contribution >= 0.6 is 0 Å². The highest BCUT2D eigenvalue weighted by atomic mass is 16.5. The number of hydrogen-bond acceptors (Lipinski definition) is 2. The van der Waals surface area contributed by atoms with Gasteiger partial charge in [-0.1, -0.05) is 6.42 Å². The number of methoxy groups -OCH3 is 1. The minimum absolute atomic E-state index is 0.347. The van der Waals surface area contributed by atoms with Crippen LogP contribution in [-0.2, 0) is 9.53 Å². The molecule has 1 aliphatic rings. The van der Waals surface area contributed by atoms with Crippen LogP contribution in [0, 0.1) is 0 Å². The van der Waals surface area contributed by atoms with Gasteiger partial charge >= 0.3 is 0 Å². The first kappa shape index (κ1) is 11.5. The Hall–Kier alpha value is -0.570. The smallest absolute Gasteiger partial charge is 0.222 e. The summed E-state index contributed by atoms with van der Waals surface area (Å²) in [5.74, 6) is 0.347. The van der Waals surface area contributed by atoms with E-state index in [1.54, 1.807) is 7.11 Å². The van der Waals surface area contributed by atoms with Crippen LogP contribution in [0.3, 0.4) is 0 Å². The Morgan fingerprint density at radius 3 is 2.57 bits per heavy atom. The summed E-state index contributed by atoms with van der Waals surface area (Å²) in [4.78, 5) is 13.6. The predicted octanol–water partition coefficient (Wildman–Crippen LogP) is 1.82. The molecule has 1 heterocycles. The Bertz CT molecular complexity index is 165. The van der Waals surface area contributed by atoms with Crippen molar-refractivity contribution in [2.75, 3.05) is 26.8 Å². The minimum atomic E-state index is 0.347. The van der Waals surface area contributed by atoms with Gasteiger partial charge in [-0.2, -0.15) is 0 Å². The molecule has 1 rings (SSSR count). The summed E-state index contributed by atoms with van der Waals surface area (Å²) in [5, 5.41) is 0. The molecule has 0 bridgehead atoms. The Morgan fingerprint density at radius 1 is 1.21 bits per heavy atom. The molecule has 1 aliphatic heterocycles. The molecule has 0 radical (unpaired) electrons. The molecule has 0 unspecified atom stereocenters. The number of rotatable bonds is 6. The molecule has 14 heavy (non-hydrogen) atoms. The van der Waals surface area contributed by atoms with E-state index in [-0.39, 0.29) is 0 Å². The Morgan fingerprint density at radius 2 is 1.93 bits per heavy atom. The van der Waals surface area contributed by atoms with Gasteiger partial charge in [-0.15, -0.1) is 0 Å². The zero-order chi connectivity index (χ0) is 10.2. The first-order valence-electron chi connectivity index (χ1n) is 5.61. The van der Waals surface area contributed by atoms with Crippen molar-refractivity contribution in [2.45, 2.75) is 38.5 Å². The van der Waals surface area contributed by atoms with Crippen molar-refractivity contribution in [1.82, 2.24) is 4.90 Å². The van der Waals surface area contributed by atoms with Crippen molar-refractivity contribution in [3.63, 3.8) is 0 Å². The normalized spacial score (nSPS) is 16.2. The molecule has 0 atom stereocenters. The maximum Gasteiger partial charge on any atom is 0.222 e. The molecule has 0 aromatic heterocycles. The zero-order valence-electron chi connectivity index (χ0n) is 9.13. The molecule has 1 fully saturated rings. The van der Waals surface area contributed by atoms with Crippen LogP contribution in [0.5, 0.6) is 0 Å². The molecular formula is C11H21NO2. The zero-order valence-corrected chi connectivity index (χ0v) is 9.13. The third-order valence-corrected chi connectivity index (χ3v) is 2.70. The van der Waals surface area contributed by atoms with Gasteiger partial charge in [-0.3, -0.25) is 4.79 Å². The lowest BCUT2D eigenvalue weighted by atomic mass is 10.2. The fourth-order valence-electron chi connectivity index (χ4n) is 1.82. The molecule has 3 nitrogen and oxygen atoms in total. The van der Waals surface area contributed by atoms with Gasteiger partial charge < -0.3 is 9.64 Å². The van der Waals surface area contributed by atoms with Crippen LogP contribution in [0.25, 0.3) is 0 Å². The summed E-state index contributed by atoms with van der Waals surface area (Å²) >= 11 is 0. The maximum absolute atomic E-state index is 11.6. The predicted molar refractivity (Wildman–Crippen MR) is 56.2 cm³/mol. The van der Waals surface area contributed by atoms with Crippen LogP contribution in [0.1, 0.15) is 38.5 Å². The van der Waals surface area contributed by atoms with E-state index in [0.29, 0.717) is 5.91 Å². The highest BCUT2D eigenvalue weighted by molar-refractivity contribution is 5.76. The average molecular weight is 199 g/mol. The molecule has 0 aromatic carbocycles. The van der Waals surface area contributed by atoms with E-state index in [2.05, 4.69) is 0 Å². The highest BCUT2D eigenvalue weighted by Crippen LogP contribution is 2.11. The fraction of sp³-hybridized carbons (Fsp3) is 0.909.